The topological polar surface area (TPSA) is 55.8 Å². The van der Waals surface area contributed by atoms with E-state index < -0.39 is 13.4 Å². The van der Waals surface area contributed by atoms with Crippen molar-refractivity contribution in [2.24, 2.45) is 5.92 Å². The Balaban J connectivity index is 3.93. The van der Waals surface area contributed by atoms with Gasteiger partial charge >= 0.3 is 7.82 Å². The van der Waals surface area contributed by atoms with Crippen molar-refractivity contribution in [2.45, 2.75) is 91.6 Å². The molecule has 0 aliphatic carbocycles. The van der Waals surface area contributed by atoms with Crippen molar-refractivity contribution < 1.29 is 18.5 Å². The molecule has 1 N–H and O–H groups in total. The predicted octanol–water partition coefficient (Wildman–Crippen LogP) is 9.03. The molecule has 0 heterocycles. The van der Waals surface area contributed by atoms with Crippen molar-refractivity contribution in [1.82, 2.24) is 0 Å². The summed E-state index contributed by atoms with van der Waals surface area (Å²) >= 11 is 0. The van der Waals surface area contributed by atoms with Crippen LogP contribution in [-0.4, -0.2) is 17.1 Å². The van der Waals surface area contributed by atoms with Gasteiger partial charge in [-0.2, -0.15) is 0 Å². The minimum atomic E-state index is -4.01. The molecule has 33 heavy (non-hydrogen) atoms. The Morgan fingerprint density at radius 2 is 1.12 bits per heavy atom. The maximum Gasteiger partial charge on any atom is 0.472 e. The second-order valence-electron chi connectivity index (χ2n) is 8.89. The second-order valence-corrected chi connectivity index (χ2v) is 10.3. The van der Waals surface area contributed by atoms with E-state index in [4.69, 9.17) is 9.05 Å². The van der Waals surface area contributed by atoms with E-state index in [-0.39, 0.29) is 12.5 Å². The lowest BCUT2D eigenvalue weighted by molar-refractivity contribution is 0.0549. The lowest BCUT2D eigenvalue weighted by Gasteiger charge is -2.24. The lowest BCUT2D eigenvalue weighted by Crippen LogP contribution is -2.19. The number of rotatable bonds is 18. The SMILES string of the molecule is CC/C=C\C/C=C\C/C=C\C/C=C\C/C=C\C/C=C\CC(CC)COP(=O)(O)OC(C)(C)C. The van der Waals surface area contributed by atoms with Crippen molar-refractivity contribution >= 4 is 7.82 Å². The summed E-state index contributed by atoms with van der Waals surface area (Å²) in [7, 11) is -4.01. The molecule has 0 spiro atoms. The molecule has 2 atom stereocenters. The van der Waals surface area contributed by atoms with Crippen LogP contribution >= 0.6 is 7.82 Å². The summed E-state index contributed by atoms with van der Waals surface area (Å²) < 4.78 is 22.2. The zero-order valence-electron chi connectivity index (χ0n) is 21.5. The average Bonchev–Trinajstić information content (AvgIpc) is 2.73. The van der Waals surface area contributed by atoms with Gasteiger partial charge in [0.05, 0.1) is 12.2 Å². The van der Waals surface area contributed by atoms with Gasteiger partial charge in [-0.15, -0.1) is 0 Å². The van der Waals surface area contributed by atoms with Gasteiger partial charge in [0, 0.05) is 0 Å². The first kappa shape index (κ1) is 31.6. The fourth-order valence-corrected chi connectivity index (χ4v) is 3.88. The Hall–Kier alpha value is -1.45. The third kappa shape index (κ3) is 23.5. The Bertz CT molecular complexity index is 693. The quantitative estimate of drug-likeness (QED) is 0.158. The Morgan fingerprint density at radius 1 is 0.727 bits per heavy atom. The number of allylic oxidation sites excluding steroid dienone is 12. The molecule has 0 aromatic carbocycles. The van der Waals surface area contributed by atoms with Crippen LogP contribution in [0.25, 0.3) is 0 Å². The third-order valence-corrected chi connectivity index (χ3v) is 5.76. The molecule has 0 rings (SSSR count). The molecule has 0 saturated carbocycles. The number of hydrogen-bond acceptors (Lipinski definition) is 3. The van der Waals surface area contributed by atoms with Gasteiger partial charge in [0.25, 0.3) is 0 Å². The Kier molecular flexibility index (Phi) is 19.1. The van der Waals surface area contributed by atoms with Crippen LogP contribution in [0.3, 0.4) is 0 Å². The van der Waals surface area contributed by atoms with Crippen molar-refractivity contribution in [1.29, 1.82) is 0 Å². The van der Waals surface area contributed by atoms with Crippen molar-refractivity contribution in [3.8, 4) is 0 Å². The van der Waals surface area contributed by atoms with Crippen molar-refractivity contribution in [2.75, 3.05) is 6.61 Å². The van der Waals surface area contributed by atoms with Gasteiger partial charge in [-0.05, 0) is 71.6 Å². The predicted molar refractivity (Wildman–Crippen MR) is 143 cm³/mol. The summed E-state index contributed by atoms with van der Waals surface area (Å²) in [4.78, 5) is 9.79. The highest BCUT2D eigenvalue weighted by Gasteiger charge is 2.29. The van der Waals surface area contributed by atoms with Crippen LogP contribution in [0.2, 0.25) is 0 Å². The van der Waals surface area contributed by atoms with Gasteiger partial charge in [0.15, 0.2) is 0 Å². The molecule has 0 aromatic heterocycles. The first-order chi connectivity index (χ1) is 15.7. The molecule has 0 aliphatic heterocycles. The summed E-state index contributed by atoms with van der Waals surface area (Å²) in [6, 6.07) is 0. The van der Waals surface area contributed by atoms with Crippen LogP contribution in [0, 0.1) is 5.92 Å². The second kappa shape index (κ2) is 20.0. The van der Waals surface area contributed by atoms with Crippen molar-refractivity contribution in [3.63, 3.8) is 0 Å². The van der Waals surface area contributed by atoms with Gasteiger partial charge in [-0.1, -0.05) is 93.2 Å². The molecule has 0 amide bonds. The highest BCUT2D eigenvalue weighted by atomic mass is 31.2. The summed E-state index contributed by atoms with van der Waals surface area (Å²) in [6.45, 7) is 9.61. The van der Waals surface area contributed by atoms with E-state index in [1.807, 2.05) is 0 Å². The maximum atomic E-state index is 12.0. The monoisotopic (exact) mass is 478 g/mol. The summed E-state index contributed by atoms with van der Waals surface area (Å²) in [6.07, 6.45) is 33.8. The minimum absolute atomic E-state index is 0.193. The highest BCUT2D eigenvalue weighted by molar-refractivity contribution is 7.47. The lowest BCUT2D eigenvalue weighted by atomic mass is 10.0. The minimum Gasteiger partial charge on any atom is -0.302 e. The number of hydrogen-bond donors (Lipinski definition) is 1. The van der Waals surface area contributed by atoms with Gasteiger partial charge in [-0.25, -0.2) is 4.57 Å². The third-order valence-electron chi connectivity index (χ3n) is 4.51. The van der Waals surface area contributed by atoms with E-state index in [0.717, 1.165) is 51.4 Å². The Labute approximate surface area is 203 Å². The largest absolute Gasteiger partial charge is 0.472 e. The van der Waals surface area contributed by atoms with Crippen LogP contribution in [0.4, 0.5) is 0 Å². The summed E-state index contributed by atoms with van der Waals surface area (Å²) in [5.74, 6) is 0.193. The molecule has 0 bridgehead atoms. The highest BCUT2D eigenvalue weighted by Crippen LogP contribution is 2.47. The first-order valence-corrected chi connectivity index (χ1v) is 13.8. The van der Waals surface area contributed by atoms with E-state index >= 15 is 0 Å². The first-order valence-electron chi connectivity index (χ1n) is 12.3. The zero-order valence-corrected chi connectivity index (χ0v) is 22.4. The van der Waals surface area contributed by atoms with Crippen LogP contribution < -0.4 is 0 Å². The Morgan fingerprint density at radius 3 is 1.48 bits per heavy atom. The normalized spacial score (nSPS) is 16.4. The van der Waals surface area contributed by atoms with Gasteiger partial charge in [0.2, 0.25) is 0 Å². The van der Waals surface area contributed by atoms with Crippen LogP contribution in [0.5, 0.6) is 0 Å². The molecular formula is C28H47O4P. The molecule has 0 saturated heterocycles. The summed E-state index contributed by atoms with van der Waals surface area (Å²) in [5, 5.41) is 0. The molecular weight excluding hydrogens is 431 g/mol. The van der Waals surface area contributed by atoms with E-state index in [2.05, 4.69) is 86.8 Å². The molecule has 188 valence electrons. The van der Waals surface area contributed by atoms with E-state index in [9.17, 15) is 9.46 Å². The molecule has 0 radical (unpaired) electrons. The van der Waals surface area contributed by atoms with Crippen LogP contribution in [0.1, 0.15) is 86.0 Å². The van der Waals surface area contributed by atoms with E-state index in [0.29, 0.717) is 0 Å². The van der Waals surface area contributed by atoms with Gasteiger partial charge in [0.1, 0.15) is 0 Å². The average molecular weight is 479 g/mol. The number of phosphoric acid groups is 1. The molecule has 4 nitrogen and oxygen atoms in total. The fourth-order valence-electron chi connectivity index (χ4n) is 2.74. The van der Waals surface area contributed by atoms with Gasteiger partial charge < -0.3 is 4.89 Å². The van der Waals surface area contributed by atoms with Crippen LogP contribution in [-0.2, 0) is 13.6 Å². The van der Waals surface area contributed by atoms with Gasteiger partial charge in [-0.3, -0.25) is 9.05 Å². The molecule has 0 aliphatic rings. The fraction of sp³-hybridized carbons (Fsp3) is 0.571. The molecule has 5 heteroatoms. The zero-order chi connectivity index (χ0) is 24.8. The van der Waals surface area contributed by atoms with Crippen LogP contribution in [0.15, 0.2) is 72.9 Å². The van der Waals surface area contributed by atoms with Crippen molar-refractivity contribution in [3.05, 3.63) is 72.9 Å². The standard InChI is InChI=1S/C28H47O4P/c1-6-8-9-10-11-12-13-14-15-16-17-18-19-20-21-22-23-24-25-27(7-2)26-31-33(29,30)32-28(3,4)5/h8-9,11-12,14-15,17-18,20-21,23-24,27H,6-7,10,13,16,19,22,25-26H2,1-5H3,(H,29,30)/b9-8-,12-11-,15-14-,18-17-,21-20-,24-23-. The van der Waals surface area contributed by atoms with E-state index in [1.165, 1.54) is 0 Å². The molecule has 2 unspecified atom stereocenters. The summed E-state index contributed by atoms with van der Waals surface area (Å²) in [5.41, 5.74) is -0.715. The smallest absolute Gasteiger partial charge is 0.302 e. The molecule has 0 aromatic rings. The van der Waals surface area contributed by atoms with E-state index in [1.54, 1.807) is 20.8 Å². The molecule has 0 fully saturated rings. The maximum absolute atomic E-state index is 12.0. The number of phosphoric ester groups is 1.